The van der Waals surface area contributed by atoms with Gasteiger partial charge < -0.3 is 4.74 Å². The van der Waals surface area contributed by atoms with Gasteiger partial charge >= 0.3 is 0 Å². The zero-order valence-corrected chi connectivity index (χ0v) is 10.6. The lowest BCUT2D eigenvalue weighted by molar-refractivity contribution is 0.115. The van der Waals surface area contributed by atoms with E-state index in [1.807, 2.05) is 11.6 Å². The Bertz CT molecular complexity index is 297. The molecule has 0 amide bonds. The maximum absolute atomic E-state index is 5.51. The Morgan fingerprint density at radius 2 is 2.14 bits per heavy atom. The molecule has 3 nitrogen and oxygen atoms in total. The maximum Gasteiger partial charge on any atom is 0.0896 e. The van der Waals surface area contributed by atoms with Gasteiger partial charge in [-0.1, -0.05) is 6.92 Å². The van der Waals surface area contributed by atoms with Crippen LogP contribution in [-0.4, -0.2) is 16.4 Å². The molecular formula is C10H17BrN2O. The van der Waals surface area contributed by atoms with E-state index in [1.54, 1.807) is 0 Å². The summed E-state index contributed by atoms with van der Waals surface area (Å²) in [5.74, 6) is 0. The molecule has 0 aliphatic rings. The molecule has 1 aromatic heterocycles. The Kier molecular flexibility index (Phi) is 4.62. The van der Waals surface area contributed by atoms with Gasteiger partial charge in [0.1, 0.15) is 0 Å². The van der Waals surface area contributed by atoms with E-state index in [-0.39, 0.29) is 0 Å². The molecule has 80 valence electrons. The fourth-order valence-corrected chi connectivity index (χ4v) is 1.72. The van der Waals surface area contributed by atoms with E-state index in [2.05, 4.69) is 34.9 Å². The van der Waals surface area contributed by atoms with Gasteiger partial charge in [0.25, 0.3) is 0 Å². The van der Waals surface area contributed by atoms with Crippen molar-refractivity contribution in [2.45, 2.75) is 40.3 Å². The molecule has 0 aliphatic heterocycles. The van der Waals surface area contributed by atoms with Crippen molar-refractivity contribution in [2.24, 2.45) is 0 Å². The van der Waals surface area contributed by atoms with Gasteiger partial charge in [-0.3, -0.25) is 4.68 Å². The van der Waals surface area contributed by atoms with Crippen LogP contribution in [-0.2, 0) is 17.9 Å². The zero-order valence-electron chi connectivity index (χ0n) is 9.01. The highest BCUT2D eigenvalue weighted by molar-refractivity contribution is 9.10. The summed E-state index contributed by atoms with van der Waals surface area (Å²) in [5.41, 5.74) is 2.17. The lowest BCUT2D eigenvalue weighted by atomic mass is 10.4. The second kappa shape index (κ2) is 5.51. The number of nitrogens with zero attached hydrogens (tertiary/aromatic N) is 2. The van der Waals surface area contributed by atoms with Crippen molar-refractivity contribution >= 4 is 15.9 Å². The molecule has 0 bridgehead atoms. The van der Waals surface area contributed by atoms with E-state index in [0.29, 0.717) is 6.61 Å². The number of hydrogen-bond acceptors (Lipinski definition) is 2. The average Bonchev–Trinajstić information content (AvgIpc) is 2.45. The van der Waals surface area contributed by atoms with Crippen molar-refractivity contribution in [1.82, 2.24) is 9.78 Å². The number of aryl methyl sites for hydroxylation is 2. The summed E-state index contributed by atoms with van der Waals surface area (Å²) in [5, 5.41) is 4.40. The fraction of sp³-hybridized carbons (Fsp3) is 0.700. The molecule has 1 rings (SSSR count). The van der Waals surface area contributed by atoms with Gasteiger partial charge in [-0.05, 0) is 36.2 Å². The first-order valence-electron chi connectivity index (χ1n) is 5.00. The van der Waals surface area contributed by atoms with E-state index in [1.165, 1.54) is 0 Å². The lowest BCUT2D eigenvalue weighted by Gasteiger charge is -2.05. The predicted molar refractivity (Wildman–Crippen MR) is 60.3 cm³/mol. The highest BCUT2D eigenvalue weighted by Gasteiger charge is 2.11. The highest BCUT2D eigenvalue weighted by atomic mass is 79.9. The van der Waals surface area contributed by atoms with Gasteiger partial charge in [0, 0.05) is 13.2 Å². The first kappa shape index (κ1) is 11.7. The van der Waals surface area contributed by atoms with Crippen LogP contribution in [0, 0.1) is 6.92 Å². The molecule has 0 spiro atoms. The minimum Gasteiger partial charge on any atom is -0.375 e. The van der Waals surface area contributed by atoms with Crippen LogP contribution < -0.4 is 0 Å². The summed E-state index contributed by atoms with van der Waals surface area (Å²) in [4.78, 5) is 0. The summed E-state index contributed by atoms with van der Waals surface area (Å²) in [6, 6.07) is 0. The van der Waals surface area contributed by atoms with Crippen molar-refractivity contribution < 1.29 is 4.74 Å². The summed E-state index contributed by atoms with van der Waals surface area (Å²) < 4.78 is 8.58. The third-order valence-corrected chi connectivity index (χ3v) is 3.07. The SMILES string of the molecule is CCCOCc1c(Br)c(C)nn1CC. The summed E-state index contributed by atoms with van der Waals surface area (Å²) in [6.07, 6.45) is 1.05. The monoisotopic (exact) mass is 260 g/mol. The van der Waals surface area contributed by atoms with Crippen LogP contribution in [0.5, 0.6) is 0 Å². The molecule has 0 radical (unpaired) electrons. The van der Waals surface area contributed by atoms with Gasteiger partial charge in [-0.25, -0.2) is 0 Å². The number of hydrogen-bond donors (Lipinski definition) is 0. The van der Waals surface area contributed by atoms with Crippen LogP contribution in [0.3, 0.4) is 0 Å². The quantitative estimate of drug-likeness (QED) is 0.762. The normalized spacial score (nSPS) is 10.9. The number of halogens is 1. The molecule has 14 heavy (non-hydrogen) atoms. The van der Waals surface area contributed by atoms with Crippen LogP contribution in [0.15, 0.2) is 4.47 Å². The predicted octanol–water partition coefficient (Wildman–Crippen LogP) is 2.90. The Labute approximate surface area is 93.6 Å². The van der Waals surface area contributed by atoms with E-state index in [4.69, 9.17) is 4.74 Å². The van der Waals surface area contributed by atoms with Crippen LogP contribution in [0.2, 0.25) is 0 Å². The summed E-state index contributed by atoms with van der Waals surface area (Å²) in [7, 11) is 0. The first-order chi connectivity index (χ1) is 6.70. The van der Waals surface area contributed by atoms with Crippen LogP contribution >= 0.6 is 15.9 Å². The van der Waals surface area contributed by atoms with Crippen molar-refractivity contribution in [1.29, 1.82) is 0 Å². The van der Waals surface area contributed by atoms with Crippen LogP contribution in [0.4, 0.5) is 0 Å². The Balaban J connectivity index is 2.72. The number of rotatable bonds is 5. The van der Waals surface area contributed by atoms with Crippen molar-refractivity contribution in [3.63, 3.8) is 0 Å². The van der Waals surface area contributed by atoms with E-state index >= 15 is 0 Å². The van der Waals surface area contributed by atoms with Crippen LogP contribution in [0.25, 0.3) is 0 Å². The molecule has 0 atom stereocenters. The molecule has 0 saturated heterocycles. The van der Waals surface area contributed by atoms with Gasteiger partial charge in [-0.15, -0.1) is 0 Å². The third kappa shape index (κ3) is 2.58. The Morgan fingerprint density at radius 1 is 1.43 bits per heavy atom. The molecule has 4 heteroatoms. The molecule has 1 heterocycles. The summed E-state index contributed by atoms with van der Waals surface area (Å²) >= 11 is 3.53. The highest BCUT2D eigenvalue weighted by Crippen LogP contribution is 2.21. The third-order valence-electron chi connectivity index (χ3n) is 2.04. The second-order valence-corrected chi connectivity index (χ2v) is 4.01. The lowest BCUT2D eigenvalue weighted by Crippen LogP contribution is -2.05. The Morgan fingerprint density at radius 3 is 2.71 bits per heavy atom. The largest absolute Gasteiger partial charge is 0.375 e. The molecule has 0 N–H and O–H groups in total. The van der Waals surface area contributed by atoms with Crippen molar-refractivity contribution in [3.8, 4) is 0 Å². The minimum atomic E-state index is 0.642. The standard InChI is InChI=1S/C10H17BrN2O/c1-4-6-14-7-9-10(11)8(3)12-13(9)5-2/h4-7H2,1-3H3. The van der Waals surface area contributed by atoms with E-state index in [0.717, 1.165) is 35.4 Å². The molecular weight excluding hydrogens is 244 g/mol. The van der Waals surface area contributed by atoms with Gasteiger partial charge in [0.2, 0.25) is 0 Å². The average molecular weight is 261 g/mol. The van der Waals surface area contributed by atoms with Crippen LogP contribution in [0.1, 0.15) is 31.7 Å². The Hall–Kier alpha value is -0.350. The first-order valence-corrected chi connectivity index (χ1v) is 5.79. The van der Waals surface area contributed by atoms with E-state index < -0.39 is 0 Å². The minimum absolute atomic E-state index is 0.642. The second-order valence-electron chi connectivity index (χ2n) is 3.21. The van der Waals surface area contributed by atoms with E-state index in [9.17, 15) is 0 Å². The number of ether oxygens (including phenoxy) is 1. The molecule has 0 unspecified atom stereocenters. The van der Waals surface area contributed by atoms with Gasteiger partial charge in [-0.2, -0.15) is 5.10 Å². The van der Waals surface area contributed by atoms with Gasteiger partial charge in [0.05, 0.1) is 22.5 Å². The number of aromatic nitrogens is 2. The molecule has 0 aromatic carbocycles. The smallest absolute Gasteiger partial charge is 0.0896 e. The fourth-order valence-electron chi connectivity index (χ4n) is 1.32. The molecule has 0 saturated carbocycles. The van der Waals surface area contributed by atoms with Crippen molar-refractivity contribution in [3.05, 3.63) is 15.9 Å². The molecule has 1 aromatic rings. The van der Waals surface area contributed by atoms with Gasteiger partial charge in [0.15, 0.2) is 0 Å². The maximum atomic E-state index is 5.51. The topological polar surface area (TPSA) is 27.1 Å². The summed E-state index contributed by atoms with van der Waals surface area (Å²) in [6.45, 7) is 8.53. The molecule has 0 aliphatic carbocycles. The zero-order chi connectivity index (χ0) is 10.6. The van der Waals surface area contributed by atoms with Crippen molar-refractivity contribution in [2.75, 3.05) is 6.61 Å². The molecule has 0 fully saturated rings.